The highest BCUT2D eigenvalue weighted by Crippen LogP contribution is 2.33. The fourth-order valence-corrected chi connectivity index (χ4v) is 2.56. The number of non-ortho nitro benzene ring substituents is 1. The first-order valence-corrected chi connectivity index (χ1v) is 8.95. The maximum atomic E-state index is 11.9. The van der Waals surface area contributed by atoms with Gasteiger partial charge >= 0.3 is 0 Å². The van der Waals surface area contributed by atoms with Crippen molar-refractivity contribution in [2.24, 2.45) is 0 Å². The first-order chi connectivity index (χ1) is 13.0. The van der Waals surface area contributed by atoms with Crippen LogP contribution < -0.4 is 20.9 Å². The minimum absolute atomic E-state index is 0.0530. The summed E-state index contributed by atoms with van der Waals surface area (Å²) in [7, 11) is 0. The molecule has 1 aliphatic heterocycles. The highest BCUT2D eigenvalue weighted by Gasteiger charge is 2.19. The maximum absolute atomic E-state index is 11.9. The number of hydrazine groups is 1. The van der Waals surface area contributed by atoms with Crippen molar-refractivity contribution in [2.45, 2.75) is 32.8 Å². The summed E-state index contributed by atoms with van der Waals surface area (Å²) >= 11 is 5.06. The molecule has 3 N–H and O–H groups in total. The normalized spacial score (nSPS) is 12.8. The van der Waals surface area contributed by atoms with Crippen molar-refractivity contribution in [3.05, 3.63) is 39.4 Å². The lowest BCUT2D eigenvalue weighted by molar-refractivity contribution is -0.385. The Morgan fingerprint density at radius 1 is 1.37 bits per heavy atom. The van der Waals surface area contributed by atoms with E-state index in [1.807, 2.05) is 0 Å². The molecule has 0 saturated heterocycles. The smallest absolute Gasteiger partial charge is 0.270 e. The second-order valence-electron chi connectivity index (χ2n) is 5.80. The number of fused-ring (bicyclic) bond motifs is 1. The molecule has 0 bridgehead atoms. The van der Waals surface area contributed by atoms with Crippen LogP contribution in [-0.4, -0.2) is 29.3 Å². The van der Waals surface area contributed by atoms with Gasteiger partial charge in [-0.25, -0.2) is 0 Å². The quantitative estimate of drug-likeness (QED) is 0.212. The molecule has 1 aromatic rings. The van der Waals surface area contributed by atoms with Gasteiger partial charge < -0.3 is 14.8 Å². The summed E-state index contributed by atoms with van der Waals surface area (Å²) in [6.07, 6.45) is 5.90. The average Bonchev–Trinajstić information content (AvgIpc) is 2.67. The molecule has 2 rings (SSSR count). The van der Waals surface area contributed by atoms with E-state index in [1.165, 1.54) is 24.3 Å². The van der Waals surface area contributed by atoms with E-state index in [-0.39, 0.29) is 19.1 Å². The van der Waals surface area contributed by atoms with Crippen LogP contribution in [0.25, 0.3) is 6.08 Å². The summed E-state index contributed by atoms with van der Waals surface area (Å²) in [5.41, 5.74) is 5.92. The van der Waals surface area contributed by atoms with Crippen LogP contribution in [0.4, 0.5) is 5.69 Å². The van der Waals surface area contributed by atoms with Gasteiger partial charge in [-0.2, -0.15) is 0 Å². The molecule has 1 amide bonds. The third-order valence-electron chi connectivity index (χ3n) is 3.71. The molecule has 9 nitrogen and oxygen atoms in total. The topological polar surface area (TPSA) is 115 Å². The molecule has 27 heavy (non-hydrogen) atoms. The molecular formula is C17H22N4O5S. The molecule has 0 radical (unpaired) electrons. The van der Waals surface area contributed by atoms with Gasteiger partial charge in [0.05, 0.1) is 11.5 Å². The molecule has 146 valence electrons. The molecule has 0 aromatic heterocycles. The van der Waals surface area contributed by atoms with Crippen LogP contribution in [-0.2, 0) is 16.1 Å². The number of amides is 1. The van der Waals surface area contributed by atoms with Crippen molar-refractivity contribution < 1.29 is 19.2 Å². The average molecular weight is 394 g/mol. The number of nitrogens with one attached hydrogen (secondary N) is 3. The van der Waals surface area contributed by atoms with Crippen molar-refractivity contribution in [3.8, 4) is 5.75 Å². The van der Waals surface area contributed by atoms with Crippen molar-refractivity contribution in [1.29, 1.82) is 0 Å². The fraction of sp³-hybridized carbons (Fsp3) is 0.412. The zero-order valence-electron chi connectivity index (χ0n) is 14.9. The van der Waals surface area contributed by atoms with Gasteiger partial charge in [0.1, 0.15) is 5.75 Å². The van der Waals surface area contributed by atoms with E-state index < -0.39 is 10.8 Å². The van der Waals surface area contributed by atoms with E-state index in [0.717, 1.165) is 25.8 Å². The molecule has 0 fully saturated rings. The third kappa shape index (κ3) is 6.50. The van der Waals surface area contributed by atoms with Crippen molar-refractivity contribution in [1.82, 2.24) is 16.2 Å². The van der Waals surface area contributed by atoms with Crippen molar-refractivity contribution in [2.75, 3.05) is 13.3 Å². The number of hydrogen-bond acceptors (Lipinski definition) is 6. The molecule has 1 aliphatic rings. The number of benzene rings is 1. The molecule has 10 heteroatoms. The first kappa shape index (κ1) is 20.6. The predicted molar refractivity (Wildman–Crippen MR) is 104 cm³/mol. The van der Waals surface area contributed by atoms with Gasteiger partial charge in [-0.05, 0) is 24.7 Å². The molecule has 0 saturated carbocycles. The summed E-state index contributed by atoms with van der Waals surface area (Å²) < 4.78 is 10.6. The molecule has 1 heterocycles. The van der Waals surface area contributed by atoms with Crippen LogP contribution in [0, 0.1) is 10.1 Å². The Kier molecular flexibility index (Phi) is 7.96. The second kappa shape index (κ2) is 10.4. The summed E-state index contributed by atoms with van der Waals surface area (Å²) in [6, 6.07) is 2.75. The molecule has 0 aliphatic carbocycles. The number of carbonyl (C=O) groups excluding carboxylic acids is 1. The minimum Gasteiger partial charge on any atom is -0.467 e. The summed E-state index contributed by atoms with van der Waals surface area (Å²) in [6.45, 7) is 3.10. The predicted octanol–water partition coefficient (Wildman–Crippen LogP) is 2.16. The van der Waals surface area contributed by atoms with Gasteiger partial charge in [-0.1, -0.05) is 19.8 Å². The SMILES string of the molecule is CCCCCNC(=S)NNC(=O)/C=C/c1cc([N+](=O)[O-])cc2c1OCOC2. The number of carbonyl (C=O) groups is 1. The van der Waals surface area contributed by atoms with Crippen LogP contribution in [0.5, 0.6) is 5.75 Å². The Hall–Kier alpha value is -2.72. The zero-order valence-corrected chi connectivity index (χ0v) is 15.8. The maximum Gasteiger partial charge on any atom is 0.270 e. The molecule has 0 atom stereocenters. The third-order valence-corrected chi connectivity index (χ3v) is 3.96. The number of ether oxygens (including phenoxy) is 2. The Morgan fingerprint density at radius 2 is 2.19 bits per heavy atom. The monoisotopic (exact) mass is 394 g/mol. The Labute approximate surface area is 162 Å². The summed E-state index contributed by atoms with van der Waals surface area (Å²) in [5.74, 6) is 0.0111. The van der Waals surface area contributed by atoms with Crippen LogP contribution in [0.1, 0.15) is 37.3 Å². The van der Waals surface area contributed by atoms with Crippen molar-refractivity contribution >= 4 is 35.0 Å². The van der Waals surface area contributed by atoms with Crippen LogP contribution in [0.15, 0.2) is 18.2 Å². The lowest BCUT2D eigenvalue weighted by Gasteiger charge is -2.19. The van der Waals surface area contributed by atoms with Crippen molar-refractivity contribution in [3.63, 3.8) is 0 Å². The van der Waals surface area contributed by atoms with Gasteiger partial charge in [0.15, 0.2) is 11.9 Å². The largest absolute Gasteiger partial charge is 0.467 e. The van der Waals surface area contributed by atoms with Crippen LogP contribution >= 0.6 is 12.2 Å². The highest BCUT2D eigenvalue weighted by molar-refractivity contribution is 7.80. The molecule has 1 aromatic carbocycles. The van der Waals surface area contributed by atoms with E-state index in [1.54, 1.807) is 0 Å². The van der Waals surface area contributed by atoms with E-state index in [9.17, 15) is 14.9 Å². The Morgan fingerprint density at radius 3 is 2.93 bits per heavy atom. The Balaban J connectivity index is 1.94. The second-order valence-corrected chi connectivity index (χ2v) is 6.21. The van der Waals surface area contributed by atoms with E-state index in [0.29, 0.717) is 22.0 Å². The number of thiocarbonyl (C=S) groups is 1. The number of nitro benzene ring substituents is 1. The number of nitrogens with zero attached hydrogens (tertiary/aromatic N) is 1. The molecular weight excluding hydrogens is 372 g/mol. The summed E-state index contributed by atoms with van der Waals surface area (Å²) in [5, 5.41) is 14.4. The van der Waals surface area contributed by atoms with Gasteiger partial charge in [0.25, 0.3) is 11.6 Å². The number of unbranched alkanes of at least 4 members (excludes halogenated alkanes) is 2. The number of hydrogen-bond donors (Lipinski definition) is 3. The zero-order chi connectivity index (χ0) is 19.6. The standard InChI is InChI=1S/C17H22N4O5S/c1-2-3-4-7-18-17(27)20-19-15(22)6-5-12-8-14(21(23)24)9-13-10-25-11-26-16(12)13/h5-6,8-9H,2-4,7,10-11H2,1H3,(H,19,22)(H2,18,20,27)/b6-5+. The fourth-order valence-electron chi connectivity index (χ4n) is 2.41. The van der Waals surface area contributed by atoms with Gasteiger partial charge in [0.2, 0.25) is 0 Å². The van der Waals surface area contributed by atoms with E-state index in [4.69, 9.17) is 21.7 Å². The van der Waals surface area contributed by atoms with E-state index in [2.05, 4.69) is 23.1 Å². The summed E-state index contributed by atoms with van der Waals surface area (Å²) in [4.78, 5) is 22.5. The molecule has 0 unspecified atom stereocenters. The first-order valence-electron chi connectivity index (χ1n) is 8.55. The number of nitro groups is 1. The van der Waals surface area contributed by atoms with Gasteiger partial charge in [-0.15, -0.1) is 0 Å². The number of rotatable bonds is 7. The molecule has 0 spiro atoms. The van der Waals surface area contributed by atoms with Crippen LogP contribution in [0.2, 0.25) is 0 Å². The lowest BCUT2D eigenvalue weighted by atomic mass is 10.1. The van der Waals surface area contributed by atoms with Crippen LogP contribution in [0.3, 0.4) is 0 Å². The highest BCUT2D eigenvalue weighted by atomic mass is 32.1. The van der Waals surface area contributed by atoms with E-state index >= 15 is 0 Å². The lowest BCUT2D eigenvalue weighted by Crippen LogP contribution is -2.46. The Bertz CT molecular complexity index is 738. The minimum atomic E-state index is -0.503. The van der Waals surface area contributed by atoms with Gasteiger partial charge in [0, 0.05) is 35.9 Å². The van der Waals surface area contributed by atoms with Gasteiger partial charge in [-0.3, -0.25) is 25.8 Å².